The Morgan fingerprint density at radius 1 is 0.971 bits per heavy atom. The average Bonchev–Trinajstić information content (AvgIpc) is 3.38. The van der Waals surface area contributed by atoms with Gasteiger partial charge in [0.25, 0.3) is 0 Å². The molecule has 5 rings (SSSR count). The molecule has 0 unspecified atom stereocenters. The van der Waals surface area contributed by atoms with E-state index in [0.717, 1.165) is 59.7 Å². The van der Waals surface area contributed by atoms with Gasteiger partial charge in [0.15, 0.2) is 5.13 Å². The van der Waals surface area contributed by atoms with Gasteiger partial charge in [-0.25, -0.2) is 4.98 Å². The molecule has 0 amide bonds. The van der Waals surface area contributed by atoms with Crippen molar-refractivity contribution < 1.29 is 13.2 Å². The minimum atomic E-state index is -4.37. The third-order valence-corrected chi connectivity index (χ3v) is 7.41. The molecular weight excluding hydrogens is 471 g/mol. The van der Waals surface area contributed by atoms with E-state index in [9.17, 15) is 13.2 Å². The smallest absolute Gasteiger partial charge is 0.378 e. The first kappa shape index (κ1) is 23.4. The van der Waals surface area contributed by atoms with Crippen LogP contribution in [0.1, 0.15) is 29.7 Å². The van der Waals surface area contributed by atoms with Crippen molar-refractivity contribution >= 4 is 38.7 Å². The standard InChI is InChI=1S/C26H26F3N5S/c1-17-20(4-3-5-22(17)26(27,28)29)18(2)32-24-8-9-30-23-7-6-19(16-21(23)24)33-11-13-34(14-12-33)25-31-10-15-35-25/h3-10,15-16,18H,11-14H2,1-2H3,(H,30,32)/t18-/m1/s1. The number of thiazole rings is 1. The second-order valence-electron chi connectivity index (χ2n) is 8.73. The van der Waals surface area contributed by atoms with Gasteiger partial charge in [-0.05, 0) is 55.3 Å². The summed E-state index contributed by atoms with van der Waals surface area (Å²) in [6, 6.07) is 12.1. The molecule has 2 aromatic heterocycles. The molecule has 1 saturated heterocycles. The van der Waals surface area contributed by atoms with Crippen LogP contribution in [0, 0.1) is 6.92 Å². The Morgan fingerprint density at radius 2 is 1.74 bits per heavy atom. The van der Waals surface area contributed by atoms with Crippen molar-refractivity contribution in [3.63, 3.8) is 0 Å². The highest BCUT2D eigenvalue weighted by Crippen LogP contribution is 2.36. The van der Waals surface area contributed by atoms with E-state index in [1.54, 1.807) is 23.6 Å². The van der Waals surface area contributed by atoms with Crippen LogP contribution in [0.3, 0.4) is 0 Å². The molecule has 0 bridgehead atoms. The van der Waals surface area contributed by atoms with E-state index in [4.69, 9.17) is 0 Å². The first-order chi connectivity index (χ1) is 16.8. The molecule has 0 aliphatic carbocycles. The van der Waals surface area contributed by atoms with Crippen LogP contribution in [-0.2, 0) is 6.18 Å². The van der Waals surface area contributed by atoms with E-state index in [-0.39, 0.29) is 11.6 Å². The lowest BCUT2D eigenvalue weighted by Gasteiger charge is -2.36. The maximum Gasteiger partial charge on any atom is 0.416 e. The Morgan fingerprint density at radius 3 is 2.46 bits per heavy atom. The topological polar surface area (TPSA) is 44.3 Å². The van der Waals surface area contributed by atoms with Crippen LogP contribution in [0.4, 0.5) is 29.7 Å². The Kier molecular flexibility index (Phi) is 6.27. The van der Waals surface area contributed by atoms with E-state index in [0.29, 0.717) is 5.56 Å². The van der Waals surface area contributed by atoms with Gasteiger partial charge in [-0.3, -0.25) is 4.98 Å². The van der Waals surface area contributed by atoms with Crippen molar-refractivity contribution in [2.45, 2.75) is 26.1 Å². The molecule has 2 aromatic carbocycles. The van der Waals surface area contributed by atoms with Gasteiger partial charge in [0.1, 0.15) is 0 Å². The summed E-state index contributed by atoms with van der Waals surface area (Å²) in [6.45, 7) is 6.98. The Bertz CT molecular complexity index is 1310. The highest BCUT2D eigenvalue weighted by molar-refractivity contribution is 7.13. The van der Waals surface area contributed by atoms with Crippen molar-refractivity contribution in [1.82, 2.24) is 9.97 Å². The lowest BCUT2D eigenvalue weighted by molar-refractivity contribution is -0.138. The molecular formula is C26H26F3N5S. The van der Waals surface area contributed by atoms with Crippen molar-refractivity contribution in [3.8, 4) is 0 Å². The van der Waals surface area contributed by atoms with Crippen LogP contribution in [0.25, 0.3) is 10.9 Å². The van der Waals surface area contributed by atoms with Crippen LogP contribution in [0.2, 0.25) is 0 Å². The lowest BCUT2D eigenvalue weighted by atomic mass is 9.97. The molecule has 4 aromatic rings. The predicted octanol–water partition coefficient (Wildman–Crippen LogP) is 6.52. The van der Waals surface area contributed by atoms with Crippen molar-refractivity contribution in [1.29, 1.82) is 0 Å². The fourth-order valence-electron chi connectivity index (χ4n) is 4.73. The van der Waals surface area contributed by atoms with E-state index in [2.05, 4.69) is 37.2 Å². The van der Waals surface area contributed by atoms with Crippen molar-refractivity contribution in [2.75, 3.05) is 41.3 Å². The number of pyridine rings is 1. The summed E-state index contributed by atoms with van der Waals surface area (Å²) >= 11 is 1.65. The molecule has 3 heterocycles. The first-order valence-corrected chi connectivity index (χ1v) is 12.4. The second kappa shape index (κ2) is 9.37. The van der Waals surface area contributed by atoms with Crippen LogP contribution in [0.15, 0.2) is 60.2 Å². The molecule has 5 nitrogen and oxygen atoms in total. The van der Waals surface area contributed by atoms with Gasteiger partial charge in [0.2, 0.25) is 0 Å². The van der Waals surface area contributed by atoms with Gasteiger partial charge in [-0.15, -0.1) is 11.3 Å². The molecule has 1 N–H and O–H groups in total. The van der Waals surface area contributed by atoms with Gasteiger partial charge in [0, 0.05) is 66.8 Å². The molecule has 0 saturated carbocycles. The normalized spacial score (nSPS) is 15.5. The van der Waals surface area contributed by atoms with Crippen molar-refractivity contribution in [3.05, 3.63) is 76.9 Å². The van der Waals surface area contributed by atoms with Crippen LogP contribution < -0.4 is 15.1 Å². The molecule has 0 radical (unpaired) electrons. The Hall–Kier alpha value is -3.33. The number of fused-ring (bicyclic) bond motifs is 1. The monoisotopic (exact) mass is 497 g/mol. The Balaban J connectivity index is 1.38. The van der Waals surface area contributed by atoms with Gasteiger partial charge in [-0.1, -0.05) is 12.1 Å². The minimum absolute atomic E-state index is 0.247. The van der Waals surface area contributed by atoms with E-state index in [1.807, 2.05) is 30.6 Å². The summed E-state index contributed by atoms with van der Waals surface area (Å²) in [6.07, 6.45) is -0.816. The zero-order valence-electron chi connectivity index (χ0n) is 19.5. The van der Waals surface area contributed by atoms with Crippen LogP contribution in [0.5, 0.6) is 0 Å². The van der Waals surface area contributed by atoms with Gasteiger partial charge < -0.3 is 15.1 Å². The molecule has 1 fully saturated rings. The van der Waals surface area contributed by atoms with Gasteiger partial charge >= 0.3 is 6.18 Å². The number of piperazine rings is 1. The molecule has 1 aliphatic rings. The van der Waals surface area contributed by atoms with E-state index >= 15 is 0 Å². The zero-order chi connectivity index (χ0) is 24.6. The number of nitrogens with one attached hydrogen (secondary N) is 1. The maximum absolute atomic E-state index is 13.4. The molecule has 1 aliphatic heterocycles. The lowest BCUT2D eigenvalue weighted by Crippen LogP contribution is -2.46. The molecule has 0 spiro atoms. The van der Waals surface area contributed by atoms with Gasteiger partial charge in [0.05, 0.1) is 11.1 Å². The highest BCUT2D eigenvalue weighted by atomic mass is 32.1. The quantitative estimate of drug-likeness (QED) is 0.340. The SMILES string of the molecule is Cc1c([C@@H](C)Nc2ccnc3ccc(N4CCN(c5nccs5)CC4)cc23)cccc1C(F)(F)F. The number of alkyl halides is 3. The minimum Gasteiger partial charge on any atom is -0.378 e. The largest absolute Gasteiger partial charge is 0.416 e. The van der Waals surface area contributed by atoms with Crippen molar-refractivity contribution in [2.24, 2.45) is 0 Å². The number of hydrogen-bond donors (Lipinski definition) is 1. The number of rotatable bonds is 5. The molecule has 182 valence electrons. The predicted molar refractivity (Wildman–Crippen MR) is 137 cm³/mol. The first-order valence-electron chi connectivity index (χ1n) is 11.5. The van der Waals surface area contributed by atoms with Gasteiger partial charge in [-0.2, -0.15) is 13.2 Å². The molecule has 1 atom stereocenters. The highest BCUT2D eigenvalue weighted by Gasteiger charge is 2.33. The average molecular weight is 498 g/mol. The summed E-state index contributed by atoms with van der Waals surface area (Å²) in [5.74, 6) is 0. The number of nitrogens with zero attached hydrogens (tertiary/aromatic N) is 4. The zero-order valence-corrected chi connectivity index (χ0v) is 20.3. The van der Waals surface area contributed by atoms with E-state index in [1.165, 1.54) is 13.0 Å². The third kappa shape index (κ3) is 4.77. The van der Waals surface area contributed by atoms with Crippen LogP contribution >= 0.6 is 11.3 Å². The summed E-state index contributed by atoms with van der Waals surface area (Å²) in [7, 11) is 0. The van der Waals surface area contributed by atoms with Crippen LogP contribution in [-0.4, -0.2) is 36.1 Å². The molecule has 35 heavy (non-hydrogen) atoms. The van der Waals surface area contributed by atoms with E-state index < -0.39 is 11.7 Å². The number of halogens is 3. The summed E-state index contributed by atoms with van der Waals surface area (Å²) < 4.78 is 40.2. The maximum atomic E-state index is 13.4. The fraction of sp³-hybridized carbons (Fsp3) is 0.308. The number of benzene rings is 2. The summed E-state index contributed by atoms with van der Waals surface area (Å²) in [4.78, 5) is 13.6. The number of aromatic nitrogens is 2. The molecule has 9 heteroatoms. The summed E-state index contributed by atoms with van der Waals surface area (Å²) in [5, 5.41) is 7.43. The third-order valence-electron chi connectivity index (χ3n) is 6.58. The number of anilines is 3. The second-order valence-corrected chi connectivity index (χ2v) is 9.61. The number of hydrogen-bond acceptors (Lipinski definition) is 6. The Labute approximate surface area is 206 Å². The summed E-state index contributed by atoms with van der Waals surface area (Å²) in [5.41, 5.74) is 3.07. The fourth-order valence-corrected chi connectivity index (χ4v) is 5.42.